The lowest BCUT2D eigenvalue weighted by Gasteiger charge is -2.18. The van der Waals surface area contributed by atoms with Crippen molar-refractivity contribution >= 4 is 35.2 Å². The lowest BCUT2D eigenvalue weighted by Crippen LogP contribution is -2.31. The van der Waals surface area contributed by atoms with Crippen LogP contribution in [0.15, 0.2) is 60.7 Å². The van der Waals surface area contributed by atoms with Crippen molar-refractivity contribution in [3.8, 4) is 0 Å². The van der Waals surface area contributed by atoms with E-state index in [-0.39, 0.29) is 24.3 Å². The molecule has 0 aliphatic heterocycles. The van der Waals surface area contributed by atoms with E-state index in [4.69, 9.17) is 0 Å². The van der Waals surface area contributed by atoms with Crippen LogP contribution in [0.25, 0.3) is 6.08 Å². The average molecular weight is 379 g/mol. The van der Waals surface area contributed by atoms with Gasteiger partial charge >= 0.3 is 0 Å². The number of rotatable bonds is 6. The molecule has 0 aliphatic rings. The highest BCUT2D eigenvalue weighted by molar-refractivity contribution is 5.99. The molecule has 6 heteroatoms. The topological polar surface area (TPSA) is 87.3 Å². The maximum atomic E-state index is 12.1. The summed E-state index contributed by atoms with van der Waals surface area (Å²) in [5.74, 6) is -0.834. The largest absolute Gasteiger partial charge is 0.343 e. The third-order valence-corrected chi connectivity index (χ3v) is 3.74. The number of hydrogen-bond donors (Lipinski definition) is 3. The van der Waals surface area contributed by atoms with E-state index in [9.17, 15) is 14.4 Å². The van der Waals surface area contributed by atoms with Crippen LogP contribution in [-0.4, -0.2) is 24.3 Å². The van der Waals surface area contributed by atoms with Gasteiger partial charge in [-0.1, -0.05) is 57.2 Å². The Bertz CT molecular complexity index is 868. The molecule has 2 aromatic carbocycles. The highest BCUT2D eigenvalue weighted by atomic mass is 16.2. The van der Waals surface area contributed by atoms with Gasteiger partial charge in [-0.05, 0) is 29.8 Å². The van der Waals surface area contributed by atoms with Crippen LogP contribution in [-0.2, 0) is 14.4 Å². The van der Waals surface area contributed by atoms with Crippen molar-refractivity contribution in [3.63, 3.8) is 0 Å². The maximum Gasteiger partial charge on any atom is 0.244 e. The summed E-state index contributed by atoms with van der Waals surface area (Å²) in [7, 11) is 0. The van der Waals surface area contributed by atoms with Gasteiger partial charge < -0.3 is 16.0 Å². The minimum Gasteiger partial charge on any atom is -0.343 e. The number of amides is 3. The minimum atomic E-state index is -0.517. The molecule has 0 aromatic heterocycles. The van der Waals surface area contributed by atoms with E-state index in [1.165, 1.54) is 6.08 Å². The molecule has 0 saturated carbocycles. The molecule has 3 amide bonds. The van der Waals surface area contributed by atoms with Crippen LogP contribution in [0.4, 0.5) is 11.4 Å². The third-order valence-electron chi connectivity index (χ3n) is 3.74. The van der Waals surface area contributed by atoms with E-state index in [0.29, 0.717) is 11.4 Å². The lowest BCUT2D eigenvalue weighted by molar-refractivity contribution is -0.123. The summed E-state index contributed by atoms with van der Waals surface area (Å²) in [6.07, 6.45) is 3.06. The second kappa shape index (κ2) is 9.50. The summed E-state index contributed by atoms with van der Waals surface area (Å²) >= 11 is 0. The number of anilines is 2. The molecule has 0 aliphatic carbocycles. The van der Waals surface area contributed by atoms with Crippen LogP contribution in [0, 0.1) is 5.41 Å². The summed E-state index contributed by atoms with van der Waals surface area (Å²) in [6.45, 7) is 5.31. The first-order valence-electron chi connectivity index (χ1n) is 8.96. The van der Waals surface area contributed by atoms with E-state index in [1.807, 2.05) is 51.1 Å². The van der Waals surface area contributed by atoms with Crippen LogP contribution in [0.5, 0.6) is 0 Å². The quantitative estimate of drug-likeness (QED) is 0.672. The Kier molecular flexibility index (Phi) is 7.09. The monoisotopic (exact) mass is 379 g/mol. The fourth-order valence-corrected chi connectivity index (χ4v) is 2.16. The SMILES string of the molecule is CC(C)(C)C(=O)Nc1cccc(NC(=O)CNC(=O)/C=C/c2ccccc2)c1. The Balaban J connectivity index is 1.84. The van der Waals surface area contributed by atoms with Crippen LogP contribution in [0.3, 0.4) is 0 Å². The van der Waals surface area contributed by atoms with E-state index in [2.05, 4.69) is 16.0 Å². The molecule has 6 nitrogen and oxygen atoms in total. The molecule has 2 rings (SSSR count). The predicted octanol–water partition coefficient (Wildman–Crippen LogP) is 3.44. The molecule has 2 aromatic rings. The summed E-state index contributed by atoms with van der Waals surface area (Å²) in [6, 6.07) is 16.3. The van der Waals surface area contributed by atoms with Crippen molar-refractivity contribution in [1.29, 1.82) is 0 Å². The highest BCUT2D eigenvalue weighted by Gasteiger charge is 2.21. The van der Waals surface area contributed by atoms with Crippen molar-refractivity contribution in [2.45, 2.75) is 20.8 Å². The normalized spacial score (nSPS) is 11.1. The summed E-state index contributed by atoms with van der Waals surface area (Å²) in [5.41, 5.74) is 1.51. The van der Waals surface area contributed by atoms with Crippen molar-refractivity contribution in [3.05, 3.63) is 66.2 Å². The molecule has 0 atom stereocenters. The Morgan fingerprint density at radius 3 is 2.18 bits per heavy atom. The van der Waals surface area contributed by atoms with Crippen LogP contribution < -0.4 is 16.0 Å². The molecule has 0 heterocycles. The molecular weight excluding hydrogens is 354 g/mol. The average Bonchev–Trinajstić information content (AvgIpc) is 2.65. The molecule has 0 saturated heterocycles. The zero-order valence-electron chi connectivity index (χ0n) is 16.3. The fourth-order valence-electron chi connectivity index (χ4n) is 2.16. The third kappa shape index (κ3) is 7.07. The first kappa shape index (κ1) is 20.9. The van der Waals surface area contributed by atoms with Gasteiger partial charge in [0, 0.05) is 22.9 Å². The van der Waals surface area contributed by atoms with Crippen molar-refractivity contribution in [1.82, 2.24) is 5.32 Å². The predicted molar refractivity (Wildman–Crippen MR) is 112 cm³/mol. The van der Waals surface area contributed by atoms with Gasteiger partial charge in [0.15, 0.2) is 0 Å². The summed E-state index contributed by atoms with van der Waals surface area (Å²) < 4.78 is 0. The Morgan fingerprint density at radius 1 is 0.893 bits per heavy atom. The number of hydrogen-bond acceptors (Lipinski definition) is 3. The number of benzene rings is 2. The van der Waals surface area contributed by atoms with Crippen LogP contribution in [0.1, 0.15) is 26.3 Å². The van der Waals surface area contributed by atoms with Crippen LogP contribution in [0.2, 0.25) is 0 Å². The molecule has 0 radical (unpaired) electrons. The van der Waals surface area contributed by atoms with Gasteiger partial charge in [0.05, 0.1) is 6.54 Å². The van der Waals surface area contributed by atoms with Crippen molar-refractivity contribution in [2.75, 3.05) is 17.2 Å². The van der Waals surface area contributed by atoms with Crippen LogP contribution >= 0.6 is 0 Å². The van der Waals surface area contributed by atoms with E-state index < -0.39 is 5.41 Å². The number of nitrogens with one attached hydrogen (secondary N) is 3. The second-order valence-corrected chi connectivity index (χ2v) is 7.29. The van der Waals surface area contributed by atoms with Gasteiger partial charge in [0.25, 0.3) is 0 Å². The van der Waals surface area contributed by atoms with Gasteiger partial charge in [-0.25, -0.2) is 0 Å². The van der Waals surface area contributed by atoms with E-state index in [0.717, 1.165) is 5.56 Å². The first-order valence-corrected chi connectivity index (χ1v) is 8.96. The zero-order chi connectivity index (χ0) is 20.6. The van der Waals surface area contributed by atoms with Gasteiger partial charge in [-0.15, -0.1) is 0 Å². The molecule has 146 valence electrons. The second-order valence-electron chi connectivity index (χ2n) is 7.29. The fraction of sp³-hybridized carbons (Fsp3) is 0.227. The maximum absolute atomic E-state index is 12.1. The summed E-state index contributed by atoms with van der Waals surface area (Å²) in [5, 5.41) is 8.04. The molecular formula is C22H25N3O3. The Morgan fingerprint density at radius 2 is 1.54 bits per heavy atom. The number of carbonyl (C=O) groups excluding carboxylic acids is 3. The standard InChI is InChI=1S/C22H25N3O3/c1-22(2,3)21(28)25-18-11-7-10-17(14-18)24-20(27)15-23-19(26)13-12-16-8-5-4-6-9-16/h4-14H,15H2,1-3H3,(H,23,26)(H,24,27)(H,25,28)/b13-12+. The molecule has 3 N–H and O–H groups in total. The number of carbonyl (C=O) groups is 3. The molecule has 0 bridgehead atoms. The molecule has 28 heavy (non-hydrogen) atoms. The molecule has 0 spiro atoms. The van der Waals surface area contributed by atoms with Gasteiger partial charge in [0.1, 0.15) is 0 Å². The molecule has 0 fully saturated rings. The van der Waals surface area contributed by atoms with Crippen molar-refractivity contribution in [2.24, 2.45) is 5.41 Å². The summed E-state index contributed by atoms with van der Waals surface area (Å²) in [4.78, 5) is 35.9. The van der Waals surface area contributed by atoms with Crippen molar-refractivity contribution < 1.29 is 14.4 Å². The Hall–Kier alpha value is -3.41. The van der Waals surface area contributed by atoms with E-state index >= 15 is 0 Å². The zero-order valence-corrected chi connectivity index (χ0v) is 16.3. The smallest absolute Gasteiger partial charge is 0.244 e. The van der Waals surface area contributed by atoms with Gasteiger partial charge in [-0.3, -0.25) is 14.4 Å². The molecule has 0 unspecified atom stereocenters. The lowest BCUT2D eigenvalue weighted by atomic mass is 9.95. The van der Waals surface area contributed by atoms with E-state index in [1.54, 1.807) is 30.3 Å². The van der Waals surface area contributed by atoms with Gasteiger partial charge in [-0.2, -0.15) is 0 Å². The minimum absolute atomic E-state index is 0.117. The Labute approximate surface area is 165 Å². The highest BCUT2D eigenvalue weighted by Crippen LogP contribution is 2.19. The van der Waals surface area contributed by atoms with Gasteiger partial charge in [0.2, 0.25) is 17.7 Å². The first-order chi connectivity index (χ1) is 13.2.